The van der Waals surface area contributed by atoms with Crippen molar-refractivity contribution in [1.82, 2.24) is 9.80 Å². The van der Waals surface area contributed by atoms with Crippen LogP contribution in [-0.2, 0) is 11.3 Å². The van der Waals surface area contributed by atoms with E-state index in [0.29, 0.717) is 42.4 Å². The number of anilines is 2. The summed E-state index contributed by atoms with van der Waals surface area (Å²) in [6.07, 6.45) is 2.39. The Morgan fingerprint density at radius 1 is 1.00 bits per heavy atom. The lowest BCUT2D eigenvalue weighted by atomic mass is 10.0. The molecule has 0 saturated heterocycles. The summed E-state index contributed by atoms with van der Waals surface area (Å²) < 4.78 is 12.8. The number of hydrogen-bond donors (Lipinski definition) is 3. The highest BCUT2D eigenvalue weighted by Crippen LogP contribution is 2.29. The predicted octanol–water partition coefficient (Wildman–Crippen LogP) is 6.26. The van der Waals surface area contributed by atoms with Gasteiger partial charge >= 0.3 is 6.03 Å². The molecule has 0 aromatic heterocycles. The smallest absolute Gasteiger partial charge is 0.323 e. The molecule has 3 N–H and O–H groups in total. The van der Waals surface area contributed by atoms with Gasteiger partial charge in [0, 0.05) is 43.5 Å². The number of likely N-dealkylation sites (N-methyl/N-ethyl adjacent to an activating group) is 1. The van der Waals surface area contributed by atoms with Crippen molar-refractivity contribution in [3.8, 4) is 5.75 Å². The number of amides is 3. The van der Waals surface area contributed by atoms with Gasteiger partial charge in [0.2, 0.25) is 0 Å². The first kappa shape index (κ1) is 34.0. The van der Waals surface area contributed by atoms with E-state index in [1.807, 2.05) is 50.2 Å². The molecule has 242 valence electrons. The first-order valence-corrected chi connectivity index (χ1v) is 15.9. The van der Waals surface area contributed by atoms with Crippen molar-refractivity contribution in [3.63, 3.8) is 0 Å². The summed E-state index contributed by atoms with van der Waals surface area (Å²) >= 11 is 0. The molecule has 9 nitrogen and oxygen atoms in total. The summed E-state index contributed by atoms with van der Waals surface area (Å²) in [7, 11) is 2.09. The van der Waals surface area contributed by atoms with Crippen LogP contribution in [0.4, 0.5) is 16.2 Å². The minimum atomic E-state index is -0.446. The molecule has 0 aliphatic carbocycles. The molecule has 1 aliphatic rings. The SMILES string of the molecule is C[C@@H]1CCCCO[C@H](CN(C)Cc2ccccc2)[C@H](C)CN([C@H](C)CO)C(=O)c2cc(NC(=O)Nc3ccccc3)ccc2O1. The summed E-state index contributed by atoms with van der Waals surface area (Å²) in [5.41, 5.74) is 2.68. The van der Waals surface area contributed by atoms with Crippen molar-refractivity contribution in [2.75, 3.05) is 44.0 Å². The molecule has 0 fully saturated rings. The van der Waals surface area contributed by atoms with Crippen LogP contribution < -0.4 is 15.4 Å². The molecule has 45 heavy (non-hydrogen) atoms. The van der Waals surface area contributed by atoms with Crippen LogP contribution in [0, 0.1) is 5.92 Å². The van der Waals surface area contributed by atoms with E-state index in [0.717, 1.165) is 25.8 Å². The van der Waals surface area contributed by atoms with E-state index in [2.05, 4.69) is 41.6 Å². The molecule has 4 rings (SSSR count). The normalized spacial score (nSPS) is 20.4. The second-order valence-corrected chi connectivity index (χ2v) is 12.1. The Labute approximate surface area is 267 Å². The third kappa shape index (κ3) is 10.3. The minimum absolute atomic E-state index is 0.0228. The standard InChI is InChI=1S/C36H48N4O5/c1-26-22-40(27(2)25-41)35(42)32-21-31(38-36(43)37-30-16-9-6-10-17-30)18-19-33(32)45-28(3)13-11-12-20-44-34(26)24-39(4)23-29-14-7-5-8-15-29/h5-10,14-19,21,26-28,34,41H,11-13,20,22-25H2,1-4H3,(H2,37,38,43)/t26-,27-,28-,34-/m1/s1. The highest BCUT2D eigenvalue weighted by atomic mass is 16.5. The molecule has 3 aromatic carbocycles. The van der Waals surface area contributed by atoms with E-state index in [9.17, 15) is 14.7 Å². The van der Waals surface area contributed by atoms with Gasteiger partial charge in [0.15, 0.2) is 0 Å². The zero-order valence-corrected chi connectivity index (χ0v) is 26.9. The van der Waals surface area contributed by atoms with Crippen LogP contribution in [-0.4, -0.2) is 78.4 Å². The van der Waals surface area contributed by atoms with Gasteiger partial charge in [0.25, 0.3) is 5.91 Å². The molecular formula is C36H48N4O5. The Morgan fingerprint density at radius 2 is 1.69 bits per heavy atom. The van der Waals surface area contributed by atoms with Gasteiger partial charge in [0.1, 0.15) is 5.75 Å². The minimum Gasteiger partial charge on any atom is -0.490 e. The van der Waals surface area contributed by atoms with Crippen molar-refractivity contribution in [2.45, 2.75) is 64.8 Å². The number of para-hydroxylation sites is 1. The molecule has 1 heterocycles. The first-order chi connectivity index (χ1) is 21.7. The van der Waals surface area contributed by atoms with Crippen molar-refractivity contribution in [1.29, 1.82) is 0 Å². The largest absolute Gasteiger partial charge is 0.490 e. The highest BCUT2D eigenvalue weighted by molar-refractivity contribution is 6.02. The van der Waals surface area contributed by atoms with E-state index in [-0.39, 0.29) is 30.6 Å². The lowest BCUT2D eigenvalue weighted by Gasteiger charge is -2.36. The van der Waals surface area contributed by atoms with Crippen LogP contribution in [0.25, 0.3) is 0 Å². The van der Waals surface area contributed by atoms with Gasteiger partial charge in [-0.1, -0.05) is 55.5 Å². The van der Waals surface area contributed by atoms with Crippen LogP contribution >= 0.6 is 0 Å². The number of nitrogens with one attached hydrogen (secondary N) is 2. The number of aliphatic hydroxyl groups excluding tert-OH is 1. The number of fused-ring (bicyclic) bond motifs is 1. The van der Waals surface area contributed by atoms with Gasteiger partial charge in [-0.2, -0.15) is 0 Å². The summed E-state index contributed by atoms with van der Waals surface area (Å²) in [5.74, 6) is 0.160. The molecule has 9 heteroatoms. The summed E-state index contributed by atoms with van der Waals surface area (Å²) in [4.78, 5) is 31.0. The Morgan fingerprint density at radius 3 is 2.40 bits per heavy atom. The number of urea groups is 1. The van der Waals surface area contributed by atoms with Gasteiger partial charge < -0.3 is 30.1 Å². The maximum absolute atomic E-state index is 14.3. The number of benzene rings is 3. The summed E-state index contributed by atoms with van der Waals surface area (Å²) in [6, 6.07) is 23.8. The first-order valence-electron chi connectivity index (χ1n) is 15.9. The van der Waals surface area contributed by atoms with Crippen molar-refractivity contribution < 1.29 is 24.2 Å². The highest BCUT2D eigenvalue weighted by Gasteiger charge is 2.30. The van der Waals surface area contributed by atoms with Gasteiger partial charge in [-0.15, -0.1) is 0 Å². The quantitative estimate of drug-likeness (QED) is 0.276. The van der Waals surface area contributed by atoms with Gasteiger partial charge in [-0.05, 0) is 76.1 Å². The predicted molar refractivity (Wildman–Crippen MR) is 179 cm³/mol. The van der Waals surface area contributed by atoms with Crippen molar-refractivity contribution in [3.05, 3.63) is 90.0 Å². The van der Waals surface area contributed by atoms with Crippen LogP contribution in [0.3, 0.4) is 0 Å². The molecule has 0 spiro atoms. The molecule has 0 saturated carbocycles. The Hall–Kier alpha value is -3.92. The average molecular weight is 617 g/mol. The van der Waals surface area contributed by atoms with E-state index in [4.69, 9.17) is 9.47 Å². The Bertz CT molecular complexity index is 1360. The molecule has 0 radical (unpaired) electrons. The zero-order chi connectivity index (χ0) is 32.2. The van der Waals surface area contributed by atoms with E-state index in [1.54, 1.807) is 35.2 Å². The lowest BCUT2D eigenvalue weighted by molar-refractivity contribution is -0.0177. The maximum Gasteiger partial charge on any atom is 0.323 e. The van der Waals surface area contributed by atoms with Crippen LogP contribution in [0.1, 0.15) is 56.0 Å². The molecule has 3 aromatic rings. The molecule has 1 aliphatic heterocycles. The van der Waals surface area contributed by atoms with Crippen molar-refractivity contribution >= 4 is 23.3 Å². The number of ether oxygens (including phenoxy) is 2. The zero-order valence-electron chi connectivity index (χ0n) is 26.9. The van der Waals surface area contributed by atoms with Crippen LogP contribution in [0.5, 0.6) is 5.75 Å². The number of aliphatic hydroxyl groups is 1. The van der Waals surface area contributed by atoms with E-state index >= 15 is 0 Å². The molecule has 4 atom stereocenters. The Balaban J connectivity index is 1.59. The summed E-state index contributed by atoms with van der Waals surface area (Å²) in [5, 5.41) is 15.9. The van der Waals surface area contributed by atoms with Crippen LogP contribution in [0.15, 0.2) is 78.9 Å². The third-order valence-electron chi connectivity index (χ3n) is 8.13. The maximum atomic E-state index is 14.3. The van der Waals surface area contributed by atoms with Gasteiger partial charge in [0.05, 0.1) is 30.4 Å². The number of rotatable bonds is 8. The number of carbonyl (C=O) groups excluding carboxylic acids is 2. The van der Waals surface area contributed by atoms with Gasteiger partial charge in [-0.25, -0.2) is 4.79 Å². The van der Waals surface area contributed by atoms with Crippen molar-refractivity contribution in [2.24, 2.45) is 5.92 Å². The molecular weight excluding hydrogens is 568 g/mol. The second-order valence-electron chi connectivity index (χ2n) is 12.1. The second kappa shape index (κ2) is 17.0. The van der Waals surface area contributed by atoms with E-state index in [1.165, 1.54) is 5.56 Å². The van der Waals surface area contributed by atoms with E-state index < -0.39 is 12.1 Å². The Kier molecular flexibility index (Phi) is 12.8. The van der Waals surface area contributed by atoms with Gasteiger partial charge in [-0.3, -0.25) is 9.69 Å². The fourth-order valence-electron chi connectivity index (χ4n) is 5.54. The fraction of sp³-hybridized carbons (Fsp3) is 0.444. The molecule has 0 unspecified atom stereocenters. The third-order valence-corrected chi connectivity index (χ3v) is 8.13. The molecule has 0 bridgehead atoms. The lowest BCUT2D eigenvalue weighted by Crippen LogP contribution is -2.47. The fourth-order valence-corrected chi connectivity index (χ4v) is 5.54. The van der Waals surface area contributed by atoms with Crippen LogP contribution in [0.2, 0.25) is 0 Å². The topological polar surface area (TPSA) is 103 Å². The average Bonchev–Trinajstić information content (AvgIpc) is 3.03. The number of hydrogen-bond acceptors (Lipinski definition) is 6. The monoisotopic (exact) mass is 616 g/mol. The number of nitrogens with zero attached hydrogens (tertiary/aromatic N) is 2. The molecule has 3 amide bonds. The number of carbonyl (C=O) groups is 2. The summed E-state index contributed by atoms with van der Waals surface area (Å²) in [6.45, 7) is 8.24.